The Morgan fingerprint density at radius 3 is 2.60 bits per heavy atom. The SMILES string of the molecule is Cc1cc(C)n([C@H](C)C(=O)N[C@H](C)c2cccc(-n3cccn3)c2)n1. The van der Waals surface area contributed by atoms with Gasteiger partial charge in [0.2, 0.25) is 5.91 Å². The molecule has 0 unspecified atom stereocenters. The summed E-state index contributed by atoms with van der Waals surface area (Å²) in [4.78, 5) is 12.6. The molecule has 0 spiro atoms. The molecule has 0 bridgehead atoms. The Morgan fingerprint density at radius 1 is 1.16 bits per heavy atom. The molecule has 3 rings (SSSR count). The highest BCUT2D eigenvalue weighted by Crippen LogP contribution is 2.18. The van der Waals surface area contributed by atoms with E-state index in [0.717, 1.165) is 22.6 Å². The highest BCUT2D eigenvalue weighted by molar-refractivity contribution is 5.80. The molecule has 1 amide bonds. The van der Waals surface area contributed by atoms with Crippen molar-refractivity contribution >= 4 is 5.91 Å². The zero-order valence-electron chi connectivity index (χ0n) is 15.0. The number of nitrogens with zero attached hydrogens (tertiary/aromatic N) is 4. The van der Waals surface area contributed by atoms with Crippen LogP contribution < -0.4 is 5.32 Å². The summed E-state index contributed by atoms with van der Waals surface area (Å²) in [7, 11) is 0. The first-order chi connectivity index (χ1) is 12.0. The van der Waals surface area contributed by atoms with Crippen molar-refractivity contribution in [2.24, 2.45) is 0 Å². The molecular formula is C19H23N5O. The van der Waals surface area contributed by atoms with Crippen molar-refractivity contribution in [1.29, 1.82) is 0 Å². The van der Waals surface area contributed by atoms with Crippen LogP contribution in [0, 0.1) is 13.8 Å². The van der Waals surface area contributed by atoms with E-state index < -0.39 is 0 Å². The molecule has 6 heteroatoms. The molecule has 0 fully saturated rings. The summed E-state index contributed by atoms with van der Waals surface area (Å²) in [5.41, 5.74) is 3.89. The maximum absolute atomic E-state index is 12.6. The number of benzene rings is 1. The van der Waals surface area contributed by atoms with E-state index in [1.807, 2.05) is 70.3 Å². The Bertz CT molecular complexity index is 866. The molecule has 2 heterocycles. The fourth-order valence-electron chi connectivity index (χ4n) is 2.92. The molecule has 2 aromatic heterocycles. The zero-order valence-corrected chi connectivity index (χ0v) is 15.0. The zero-order chi connectivity index (χ0) is 18.0. The van der Waals surface area contributed by atoms with Gasteiger partial charge >= 0.3 is 0 Å². The van der Waals surface area contributed by atoms with Crippen molar-refractivity contribution in [3.05, 3.63) is 65.7 Å². The summed E-state index contributed by atoms with van der Waals surface area (Å²) < 4.78 is 3.56. The topological polar surface area (TPSA) is 64.7 Å². The average Bonchev–Trinajstić information content (AvgIpc) is 3.24. The van der Waals surface area contributed by atoms with Crippen LogP contribution in [-0.2, 0) is 4.79 Å². The second-order valence-corrected chi connectivity index (χ2v) is 6.32. The van der Waals surface area contributed by atoms with Gasteiger partial charge in [0.15, 0.2) is 0 Å². The van der Waals surface area contributed by atoms with Gasteiger partial charge in [0.1, 0.15) is 6.04 Å². The molecule has 0 saturated heterocycles. The van der Waals surface area contributed by atoms with E-state index in [1.54, 1.807) is 15.6 Å². The van der Waals surface area contributed by atoms with E-state index in [4.69, 9.17) is 0 Å². The third-order valence-electron chi connectivity index (χ3n) is 4.29. The fourth-order valence-corrected chi connectivity index (χ4v) is 2.92. The van der Waals surface area contributed by atoms with E-state index in [9.17, 15) is 4.79 Å². The van der Waals surface area contributed by atoms with Crippen LogP contribution in [0.3, 0.4) is 0 Å². The van der Waals surface area contributed by atoms with Gasteiger partial charge in [-0.25, -0.2) is 4.68 Å². The molecule has 0 saturated carbocycles. The Kier molecular flexibility index (Phi) is 4.70. The first-order valence-electron chi connectivity index (χ1n) is 8.39. The number of rotatable bonds is 5. The van der Waals surface area contributed by atoms with Gasteiger partial charge in [0.05, 0.1) is 17.4 Å². The lowest BCUT2D eigenvalue weighted by molar-refractivity contribution is -0.124. The third-order valence-corrected chi connectivity index (χ3v) is 4.29. The third kappa shape index (κ3) is 3.63. The number of aryl methyl sites for hydroxylation is 2. The summed E-state index contributed by atoms with van der Waals surface area (Å²) in [6.45, 7) is 7.73. The van der Waals surface area contributed by atoms with E-state index in [2.05, 4.69) is 15.5 Å². The highest BCUT2D eigenvalue weighted by Gasteiger charge is 2.20. The van der Waals surface area contributed by atoms with Crippen LogP contribution in [0.15, 0.2) is 48.8 Å². The molecular weight excluding hydrogens is 314 g/mol. The number of carbonyl (C=O) groups excluding carboxylic acids is 1. The minimum absolute atomic E-state index is 0.0526. The van der Waals surface area contributed by atoms with E-state index in [0.29, 0.717) is 0 Å². The largest absolute Gasteiger partial charge is 0.348 e. The van der Waals surface area contributed by atoms with E-state index in [-0.39, 0.29) is 18.0 Å². The standard InChI is InChI=1S/C19H23N5O/c1-13-11-14(2)24(22-13)16(4)19(25)21-15(3)17-7-5-8-18(12-17)23-10-6-9-20-23/h5-12,15-16H,1-4H3,(H,21,25)/t15-,16-/m1/s1. The summed E-state index contributed by atoms with van der Waals surface area (Å²) in [6, 6.07) is 11.4. The Hall–Kier alpha value is -2.89. The second kappa shape index (κ2) is 6.93. The predicted octanol–water partition coefficient (Wildman–Crippen LogP) is 3.12. The normalized spacial score (nSPS) is 13.4. The van der Waals surface area contributed by atoms with Crippen molar-refractivity contribution in [1.82, 2.24) is 24.9 Å². The van der Waals surface area contributed by atoms with Crippen LogP contribution >= 0.6 is 0 Å². The molecule has 0 aliphatic rings. The van der Waals surface area contributed by atoms with Crippen molar-refractivity contribution in [2.45, 2.75) is 39.8 Å². The monoisotopic (exact) mass is 337 g/mol. The van der Waals surface area contributed by atoms with Gasteiger partial charge in [0.25, 0.3) is 0 Å². The lowest BCUT2D eigenvalue weighted by Gasteiger charge is -2.19. The lowest BCUT2D eigenvalue weighted by Crippen LogP contribution is -2.33. The smallest absolute Gasteiger partial charge is 0.245 e. The number of carbonyl (C=O) groups is 1. The van der Waals surface area contributed by atoms with Gasteiger partial charge in [-0.15, -0.1) is 0 Å². The van der Waals surface area contributed by atoms with Gasteiger partial charge in [-0.05, 0) is 57.5 Å². The van der Waals surface area contributed by atoms with Crippen LogP contribution in [0.5, 0.6) is 0 Å². The summed E-state index contributed by atoms with van der Waals surface area (Å²) in [5, 5.41) is 11.7. The molecule has 3 aromatic rings. The molecule has 25 heavy (non-hydrogen) atoms. The van der Waals surface area contributed by atoms with E-state index >= 15 is 0 Å². The van der Waals surface area contributed by atoms with Crippen LogP contribution in [0.4, 0.5) is 0 Å². The molecule has 130 valence electrons. The average molecular weight is 337 g/mol. The van der Waals surface area contributed by atoms with Gasteiger partial charge in [-0.3, -0.25) is 9.48 Å². The minimum atomic E-state index is -0.356. The van der Waals surface area contributed by atoms with Crippen molar-refractivity contribution in [3.8, 4) is 5.69 Å². The number of nitrogens with one attached hydrogen (secondary N) is 1. The predicted molar refractivity (Wildman–Crippen MR) is 96.5 cm³/mol. The number of hydrogen-bond acceptors (Lipinski definition) is 3. The molecule has 0 aliphatic carbocycles. The van der Waals surface area contributed by atoms with Gasteiger partial charge < -0.3 is 5.32 Å². The quantitative estimate of drug-likeness (QED) is 0.778. The molecule has 0 aliphatic heterocycles. The summed E-state index contributed by atoms with van der Waals surface area (Å²) in [5.74, 6) is -0.0526. The summed E-state index contributed by atoms with van der Waals surface area (Å²) >= 11 is 0. The first kappa shape index (κ1) is 17.0. The van der Waals surface area contributed by atoms with Gasteiger partial charge in [-0.2, -0.15) is 10.2 Å². The van der Waals surface area contributed by atoms with Crippen molar-refractivity contribution < 1.29 is 4.79 Å². The van der Waals surface area contributed by atoms with Gasteiger partial charge in [-0.1, -0.05) is 12.1 Å². The first-order valence-corrected chi connectivity index (χ1v) is 8.39. The molecule has 1 aromatic carbocycles. The van der Waals surface area contributed by atoms with Crippen LogP contribution in [0.25, 0.3) is 5.69 Å². The fraction of sp³-hybridized carbons (Fsp3) is 0.316. The highest BCUT2D eigenvalue weighted by atomic mass is 16.2. The number of aromatic nitrogens is 4. The molecule has 1 N–H and O–H groups in total. The van der Waals surface area contributed by atoms with Crippen LogP contribution in [0.2, 0.25) is 0 Å². The van der Waals surface area contributed by atoms with Gasteiger partial charge in [0, 0.05) is 18.1 Å². The second-order valence-electron chi connectivity index (χ2n) is 6.32. The summed E-state index contributed by atoms with van der Waals surface area (Å²) in [6.07, 6.45) is 3.64. The Morgan fingerprint density at radius 2 is 1.96 bits per heavy atom. The van der Waals surface area contributed by atoms with Crippen LogP contribution in [0.1, 0.15) is 42.9 Å². The number of hydrogen-bond donors (Lipinski definition) is 1. The minimum Gasteiger partial charge on any atom is -0.348 e. The molecule has 6 nitrogen and oxygen atoms in total. The number of amides is 1. The molecule has 2 atom stereocenters. The van der Waals surface area contributed by atoms with Crippen molar-refractivity contribution in [2.75, 3.05) is 0 Å². The maximum Gasteiger partial charge on any atom is 0.245 e. The Balaban J connectivity index is 1.73. The van der Waals surface area contributed by atoms with E-state index in [1.165, 1.54) is 0 Å². The Labute approximate surface area is 147 Å². The van der Waals surface area contributed by atoms with Crippen LogP contribution in [-0.4, -0.2) is 25.5 Å². The lowest BCUT2D eigenvalue weighted by atomic mass is 10.1. The maximum atomic E-state index is 12.6. The molecule has 0 radical (unpaired) electrons. The van der Waals surface area contributed by atoms with Crippen molar-refractivity contribution in [3.63, 3.8) is 0 Å².